The van der Waals surface area contributed by atoms with Crippen molar-refractivity contribution in [3.63, 3.8) is 0 Å². The summed E-state index contributed by atoms with van der Waals surface area (Å²) < 4.78 is 10.5. The molecular weight excluding hydrogens is 228 g/mol. The number of unbranched alkanes of at least 4 members (excludes halogenated alkanes) is 7. The molecule has 0 saturated heterocycles. The molecular formula is C15H28O3. The van der Waals surface area contributed by atoms with Crippen molar-refractivity contribution in [3.05, 3.63) is 12.3 Å². The second kappa shape index (κ2) is 16.2. The molecule has 18 heavy (non-hydrogen) atoms. The van der Waals surface area contributed by atoms with Gasteiger partial charge in [-0.25, -0.2) is 0 Å². The maximum atomic E-state index is 10.0. The highest BCUT2D eigenvalue weighted by Gasteiger charge is 1.90. The van der Waals surface area contributed by atoms with E-state index in [0.717, 1.165) is 32.2 Å². The number of ether oxygens (including phenoxy) is 2. The predicted molar refractivity (Wildman–Crippen MR) is 74.3 cm³/mol. The quantitative estimate of drug-likeness (QED) is 0.202. The minimum Gasteiger partial charge on any atom is -0.475 e. The Hall–Kier alpha value is -0.830. The van der Waals surface area contributed by atoms with Crippen molar-refractivity contribution < 1.29 is 14.3 Å². The van der Waals surface area contributed by atoms with Gasteiger partial charge in [0.2, 0.25) is 0 Å². The van der Waals surface area contributed by atoms with Crippen molar-refractivity contribution in [1.82, 2.24) is 0 Å². The first-order valence-electron chi connectivity index (χ1n) is 7.19. The number of carbonyl (C=O) groups is 1. The van der Waals surface area contributed by atoms with Crippen LogP contribution >= 0.6 is 0 Å². The molecule has 0 fully saturated rings. The van der Waals surface area contributed by atoms with Gasteiger partial charge in [-0.05, 0) is 25.3 Å². The number of hydrogen-bond donors (Lipinski definition) is 0. The Balaban J connectivity index is 3.00. The number of aldehydes is 1. The molecule has 0 radical (unpaired) electrons. The summed E-state index contributed by atoms with van der Waals surface area (Å²) in [6, 6.07) is 0. The molecule has 0 aliphatic carbocycles. The normalized spacial score (nSPS) is 10.9. The molecule has 0 amide bonds. The topological polar surface area (TPSA) is 35.5 Å². The fraction of sp³-hybridized carbons (Fsp3) is 0.800. The van der Waals surface area contributed by atoms with Gasteiger partial charge in [0, 0.05) is 6.42 Å². The average molecular weight is 256 g/mol. The van der Waals surface area contributed by atoms with Crippen LogP contribution in [0.2, 0.25) is 0 Å². The molecule has 0 spiro atoms. The number of rotatable bonds is 14. The van der Waals surface area contributed by atoms with Crippen molar-refractivity contribution in [1.29, 1.82) is 0 Å². The van der Waals surface area contributed by atoms with Crippen LogP contribution in [0.3, 0.4) is 0 Å². The Bertz CT molecular complexity index is 190. The summed E-state index contributed by atoms with van der Waals surface area (Å²) in [5, 5.41) is 0. The molecule has 0 aromatic heterocycles. The Morgan fingerprint density at radius 1 is 0.944 bits per heavy atom. The van der Waals surface area contributed by atoms with Crippen LogP contribution in [0.15, 0.2) is 12.3 Å². The average Bonchev–Trinajstić information content (AvgIpc) is 2.39. The Morgan fingerprint density at radius 2 is 1.72 bits per heavy atom. The number of allylic oxidation sites excluding steroid dienone is 1. The second-order valence-electron chi connectivity index (χ2n) is 4.43. The Labute approximate surface area is 112 Å². The third kappa shape index (κ3) is 15.2. The fourth-order valence-electron chi connectivity index (χ4n) is 1.59. The molecule has 106 valence electrons. The van der Waals surface area contributed by atoms with Crippen LogP contribution in [0.25, 0.3) is 0 Å². The first kappa shape index (κ1) is 17.2. The lowest BCUT2D eigenvalue weighted by Crippen LogP contribution is -1.98. The molecule has 0 atom stereocenters. The van der Waals surface area contributed by atoms with Gasteiger partial charge in [-0.15, -0.1) is 0 Å². The molecule has 0 aromatic rings. The van der Waals surface area contributed by atoms with Gasteiger partial charge in [-0.2, -0.15) is 0 Å². The molecule has 0 aliphatic heterocycles. The van der Waals surface area contributed by atoms with E-state index in [-0.39, 0.29) is 0 Å². The van der Waals surface area contributed by atoms with E-state index in [2.05, 4.69) is 6.92 Å². The molecule has 3 heteroatoms. The first-order valence-corrected chi connectivity index (χ1v) is 7.19. The van der Waals surface area contributed by atoms with E-state index in [0.29, 0.717) is 13.2 Å². The summed E-state index contributed by atoms with van der Waals surface area (Å²) in [6.45, 7) is 3.34. The molecule has 0 N–H and O–H groups in total. The predicted octanol–water partition coefficient (Wildman–Crippen LogP) is 4.22. The van der Waals surface area contributed by atoms with E-state index >= 15 is 0 Å². The maximum Gasteiger partial charge on any atom is 0.188 e. The molecule has 0 saturated carbocycles. The zero-order chi connectivity index (χ0) is 13.3. The van der Waals surface area contributed by atoms with Crippen LogP contribution in [-0.4, -0.2) is 19.7 Å². The van der Waals surface area contributed by atoms with Crippen LogP contribution in [0, 0.1) is 0 Å². The van der Waals surface area contributed by atoms with Crippen molar-refractivity contribution in [2.24, 2.45) is 0 Å². The first-order chi connectivity index (χ1) is 8.91. The maximum absolute atomic E-state index is 10.0. The molecule has 0 aromatic carbocycles. The summed E-state index contributed by atoms with van der Waals surface area (Å²) in [5.41, 5.74) is 0. The Kier molecular flexibility index (Phi) is 15.4. The van der Waals surface area contributed by atoms with Crippen molar-refractivity contribution in [2.75, 3.05) is 13.4 Å². The highest BCUT2D eigenvalue weighted by atomic mass is 16.7. The highest BCUT2D eigenvalue weighted by molar-refractivity contribution is 5.48. The summed E-state index contributed by atoms with van der Waals surface area (Å²) >= 11 is 0. The summed E-state index contributed by atoms with van der Waals surface area (Å²) in [5.74, 6) is 0. The van der Waals surface area contributed by atoms with Gasteiger partial charge in [0.25, 0.3) is 0 Å². The fourth-order valence-corrected chi connectivity index (χ4v) is 1.59. The van der Waals surface area contributed by atoms with E-state index in [9.17, 15) is 4.79 Å². The van der Waals surface area contributed by atoms with Crippen molar-refractivity contribution in [3.8, 4) is 0 Å². The Morgan fingerprint density at radius 3 is 2.50 bits per heavy atom. The SMILES string of the molecule is CCCCCCCCOCOC=CCCCC=O. The molecule has 0 heterocycles. The van der Waals surface area contributed by atoms with Crippen molar-refractivity contribution in [2.45, 2.75) is 64.7 Å². The van der Waals surface area contributed by atoms with Crippen LogP contribution in [-0.2, 0) is 14.3 Å². The minimum atomic E-state index is 0.332. The third-order valence-electron chi connectivity index (χ3n) is 2.68. The monoisotopic (exact) mass is 256 g/mol. The van der Waals surface area contributed by atoms with E-state index in [1.54, 1.807) is 6.26 Å². The highest BCUT2D eigenvalue weighted by Crippen LogP contribution is 2.04. The summed E-state index contributed by atoms with van der Waals surface area (Å²) in [7, 11) is 0. The van der Waals surface area contributed by atoms with E-state index < -0.39 is 0 Å². The van der Waals surface area contributed by atoms with Gasteiger partial charge in [-0.3, -0.25) is 0 Å². The van der Waals surface area contributed by atoms with Gasteiger partial charge in [0.1, 0.15) is 6.29 Å². The van der Waals surface area contributed by atoms with Gasteiger partial charge >= 0.3 is 0 Å². The minimum absolute atomic E-state index is 0.332. The van der Waals surface area contributed by atoms with Gasteiger partial charge in [-0.1, -0.05) is 39.0 Å². The van der Waals surface area contributed by atoms with Gasteiger partial charge in [0.15, 0.2) is 6.79 Å². The van der Waals surface area contributed by atoms with Crippen LogP contribution in [0.5, 0.6) is 0 Å². The summed E-state index contributed by atoms with van der Waals surface area (Å²) in [6.07, 6.45) is 14.6. The lowest BCUT2D eigenvalue weighted by atomic mass is 10.1. The van der Waals surface area contributed by atoms with E-state index in [1.807, 2.05) is 6.08 Å². The van der Waals surface area contributed by atoms with Gasteiger partial charge in [0.05, 0.1) is 12.9 Å². The zero-order valence-electron chi connectivity index (χ0n) is 11.7. The lowest BCUT2D eigenvalue weighted by Gasteiger charge is -2.03. The van der Waals surface area contributed by atoms with Crippen molar-refractivity contribution >= 4 is 6.29 Å². The standard InChI is InChI=1S/C15H28O3/c1-2-3-4-5-7-10-13-17-15-18-14-11-8-6-9-12-16/h11-12,14H,2-10,13,15H2,1H3. The molecule has 0 rings (SSSR count). The number of carbonyl (C=O) groups excluding carboxylic acids is 1. The van der Waals surface area contributed by atoms with Crippen LogP contribution in [0.4, 0.5) is 0 Å². The largest absolute Gasteiger partial charge is 0.475 e. The smallest absolute Gasteiger partial charge is 0.188 e. The third-order valence-corrected chi connectivity index (χ3v) is 2.68. The molecule has 0 aliphatic rings. The van der Waals surface area contributed by atoms with Crippen LogP contribution in [0.1, 0.15) is 64.7 Å². The van der Waals surface area contributed by atoms with E-state index in [4.69, 9.17) is 9.47 Å². The molecule has 3 nitrogen and oxygen atoms in total. The lowest BCUT2D eigenvalue weighted by molar-refractivity contribution is -0.107. The molecule has 0 unspecified atom stereocenters. The second-order valence-corrected chi connectivity index (χ2v) is 4.43. The molecule has 0 bridgehead atoms. The van der Waals surface area contributed by atoms with Gasteiger partial charge < -0.3 is 14.3 Å². The van der Waals surface area contributed by atoms with E-state index in [1.165, 1.54) is 32.1 Å². The number of hydrogen-bond acceptors (Lipinski definition) is 3. The van der Waals surface area contributed by atoms with Crippen LogP contribution < -0.4 is 0 Å². The summed E-state index contributed by atoms with van der Waals surface area (Å²) in [4.78, 5) is 10.0. The zero-order valence-corrected chi connectivity index (χ0v) is 11.7.